The smallest absolute Gasteiger partial charge is 0.357 e. The average molecular weight is 512 g/mol. The van der Waals surface area contributed by atoms with Crippen molar-refractivity contribution in [3.8, 4) is 0 Å². The second kappa shape index (κ2) is 10.8. The first-order chi connectivity index (χ1) is 12.3. The predicted octanol–water partition coefficient (Wildman–Crippen LogP) is 4.69. The summed E-state index contributed by atoms with van der Waals surface area (Å²) in [5.74, 6) is 0.636. The Morgan fingerprint density at radius 1 is 1.15 bits per heavy atom. The first-order valence-electron chi connectivity index (χ1n) is 8.40. The third kappa shape index (κ3) is 7.65. The van der Waals surface area contributed by atoms with E-state index in [1.807, 2.05) is 13.8 Å². The van der Waals surface area contributed by atoms with Gasteiger partial charge in [-0.25, -0.2) is 9.98 Å². The Labute approximate surface area is 178 Å². The van der Waals surface area contributed by atoms with Crippen LogP contribution in [0.25, 0.3) is 0 Å². The lowest BCUT2D eigenvalue weighted by atomic mass is 10.1. The Balaban J connectivity index is 0.00000364. The Hall–Kier alpha value is -1.36. The van der Waals surface area contributed by atoms with Crippen LogP contribution >= 0.6 is 35.3 Å². The van der Waals surface area contributed by atoms with Crippen LogP contribution in [0.4, 0.5) is 13.2 Å². The molecule has 1 heterocycles. The van der Waals surface area contributed by atoms with E-state index in [9.17, 15) is 13.2 Å². The number of nitrogens with one attached hydrogen (secondary N) is 2. The monoisotopic (exact) mass is 512 g/mol. The molecule has 2 aromatic rings. The molecule has 27 heavy (non-hydrogen) atoms. The Morgan fingerprint density at radius 3 is 2.33 bits per heavy atom. The van der Waals surface area contributed by atoms with Crippen LogP contribution in [0.2, 0.25) is 0 Å². The molecule has 0 spiro atoms. The molecule has 0 radical (unpaired) electrons. The molecular weight excluding hydrogens is 488 g/mol. The molecular formula is C18H24F3IN4S. The van der Waals surface area contributed by atoms with Crippen LogP contribution < -0.4 is 10.6 Å². The molecule has 0 saturated heterocycles. The summed E-state index contributed by atoms with van der Waals surface area (Å²) in [5.41, 5.74) is 1.14. The van der Waals surface area contributed by atoms with E-state index in [-0.39, 0.29) is 24.0 Å². The summed E-state index contributed by atoms with van der Waals surface area (Å²) in [6.07, 6.45) is -3.52. The minimum atomic E-state index is -4.31. The molecule has 0 unspecified atom stereocenters. The molecule has 0 aliphatic heterocycles. The fraction of sp³-hybridized carbons (Fsp3) is 0.444. The minimum Gasteiger partial charge on any atom is -0.357 e. The average Bonchev–Trinajstić information content (AvgIpc) is 2.90. The molecule has 0 aliphatic carbocycles. The van der Waals surface area contributed by atoms with E-state index in [2.05, 4.69) is 27.5 Å². The van der Waals surface area contributed by atoms with E-state index >= 15 is 0 Å². The maximum Gasteiger partial charge on any atom is 0.416 e. The maximum absolute atomic E-state index is 12.6. The summed E-state index contributed by atoms with van der Waals surface area (Å²) < 4.78 is 37.8. The van der Waals surface area contributed by atoms with Gasteiger partial charge in [-0.1, -0.05) is 12.1 Å². The van der Waals surface area contributed by atoms with Gasteiger partial charge in [0, 0.05) is 24.4 Å². The van der Waals surface area contributed by atoms with Crippen molar-refractivity contribution in [2.75, 3.05) is 13.1 Å². The van der Waals surface area contributed by atoms with E-state index in [1.165, 1.54) is 17.0 Å². The maximum atomic E-state index is 12.6. The van der Waals surface area contributed by atoms with Crippen molar-refractivity contribution in [3.63, 3.8) is 0 Å². The number of halogens is 4. The second-order valence-corrected chi connectivity index (χ2v) is 7.10. The molecule has 1 aromatic carbocycles. The van der Waals surface area contributed by atoms with Crippen LogP contribution in [0.15, 0.2) is 29.3 Å². The largest absolute Gasteiger partial charge is 0.416 e. The van der Waals surface area contributed by atoms with Crippen molar-refractivity contribution < 1.29 is 13.2 Å². The standard InChI is InChI=1S/C18H23F3N4S.HI/c1-4-22-17(23-10-9-16-25-12(2)13(3)26-16)24-11-14-5-7-15(8-6-14)18(19,20)21;/h5-8H,4,9-11H2,1-3H3,(H2,22,23,24);1H. The van der Waals surface area contributed by atoms with E-state index in [0.29, 0.717) is 25.6 Å². The highest BCUT2D eigenvalue weighted by atomic mass is 127. The van der Waals surface area contributed by atoms with Gasteiger partial charge in [0.1, 0.15) is 0 Å². The van der Waals surface area contributed by atoms with Gasteiger partial charge in [0.15, 0.2) is 5.96 Å². The normalized spacial score (nSPS) is 11.9. The van der Waals surface area contributed by atoms with Gasteiger partial charge in [0.25, 0.3) is 0 Å². The van der Waals surface area contributed by atoms with E-state index in [4.69, 9.17) is 0 Å². The number of aryl methyl sites for hydroxylation is 2. The van der Waals surface area contributed by atoms with Crippen molar-refractivity contribution in [3.05, 3.63) is 51.0 Å². The highest BCUT2D eigenvalue weighted by Crippen LogP contribution is 2.29. The first kappa shape index (κ1) is 23.7. The van der Waals surface area contributed by atoms with Gasteiger partial charge in [-0.2, -0.15) is 13.2 Å². The number of aromatic nitrogens is 1. The fourth-order valence-electron chi connectivity index (χ4n) is 2.25. The van der Waals surface area contributed by atoms with Crippen molar-refractivity contribution >= 4 is 41.3 Å². The number of hydrogen-bond acceptors (Lipinski definition) is 3. The molecule has 0 fully saturated rings. The molecule has 0 bridgehead atoms. The summed E-state index contributed by atoms with van der Waals surface area (Å²) in [7, 11) is 0. The highest BCUT2D eigenvalue weighted by Gasteiger charge is 2.29. The quantitative estimate of drug-likeness (QED) is 0.336. The van der Waals surface area contributed by atoms with E-state index in [1.54, 1.807) is 11.3 Å². The lowest BCUT2D eigenvalue weighted by Crippen LogP contribution is -2.38. The van der Waals surface area contributed by atoms with Gasteiger partial charge >= 0.3 is 6.18 Å². The molecule has 0 atom stereocenters. The van der Waals surface area contributed by atoms with Crippen LogP contribution in [0.1, 0.15) is 33.6 Å². The highest BCUT2D eigenvalue weighted by molar-refractivity contribution is 14.0. The van der Waals surface area contributed by atoms with Crippen molar-refractivity contribution in [2.45, 2.75) is 39.9 Å². The fourth-order valence-corrected chi connectivity index (χ4v) is 3.18. The van der Waals surface area contributed by atoms with E-state index < -0.39 is 11.7 Å². The Bertz CT molecular complexity index is 723. The molecule has 4 nitrogen and oxygen atoms in total. The van der Waals surface area contributed by atoms with E-state index in [0.717, 1.165) is 34.8 Å². The SMILES string of the molecule is CCNC(=NCc1ccc(C(F)(F)F)cc1)NCCc1nc(C)c(C)s1.I. The molecule has 0 aliphatic rings. The third-order valence-corrected chi connectivity index (χ3v) is 4.88. The van der Waals surface area contributed by atoms with Gasteiger partial charge in [-0.15, -0.1) is 35.3 Å². The predicted molar refractivity (Wildman–Crippen MR) is 115 cm³/mol. The summed E-state index contributed by atoms with van der Waals surface area (Å²) in [6, 6.07) is 5.07. The van der Waals surface area contributed by atoms with Crippen molar-refractivity contribution in [1.82, 2.24) is 15.6 Å². The van der Waals surface area contributed by atoms with Crippen LogP contribution in [0, 0.1) is 13.8 Å². The Morgan fingerprint density at radius 2 is 1.81 bits per heavy atom. The zero-order chi connectivity index (χ0) is 19.2. The van der Waals surface area contributed by atoms with Crippen molar-refractivity contribution in [2.24, 2.45) is 4.99 Å². The van der Waals surface area contributed by atoms with Gasteiger partial charge in [-0.05, 0) is 38.5 Å². The summed E-state index contributed by atoms with van der Waals surface area (Å²) in [5, 5.41) is 7.44. The Kier molecular flexibility index (Phi) is 9.51. The number of guanidine groups is 1. The van der Waals surface area contributed by atoms with Gasteiger partial charge in [0.2, 0.25) is 0 Å². The number of alkyl halides is 3. The molecule has 0 saturated carbocycles. The third-order valence-electron chi connectivity index (χ3n) is 3.75. The molecule has 9 heteroatoms. The topological polar surface area (TPSA) is 49.3 Å². The van der Waals surface area contributed by atoms with Gasteiger partial charge in [0.05, 0.1) is 22.8 Å². The van der Waals surface area contributed by atoms with Gasteiger partial charge in [-0.3, -0.25) is 0 Å². The molecule has 0 amide bonds. The second-order valence-electron chi connectivity index (χ2n) is 5.82. The first-order valence-corrected chi connectivity index (χ1v) is 9.22. The number of thiazole rings is 1. The number of aliphatic imine (C=N–C) groups is 1. The van der Waals surface area contributed by atoms with Crippen LogP contribution in [-0.2, 0) is 19.1 Å². The zero-order valence-corrected chi connectivity index (χ0v) is 18.6. The minimum absolute atomic E-state index is 0. The summed E-state index contributed by atoms with van der Waals surface area (Å²) >= 11 is 1.69. The molecule has 1 aromatic heterocycles. The summed E-state index contributed by atoms with van der Waals surface area (Å²) in [4.78, 5) is 10.2. The van der Waals surface area contributed by atoms with Crippen LogP contribution in [0.5, 0.6) is 0 Å². The van der Waals surface area contributed by atoms with Crippen LogP contribution in [0.3, 0.4) is 0 Å². The zero-order valence-electron chi connectivity index (χ0n) is 15.5. The number of hydrogen-bond donors (Lipinski definition) is 2. The summed E-state index contributed by atoms with van der Waals surface area (Å²) in [6.45, 7) is 7.71. The van der Waals surface area contributed by atoms with Crippen molar-refractivity contribution in [1.29, 1.82) is 0 Å². The molecule has 2 N–H and O–H groups in total. The van der Waals surface area contributed by atoms with Gasteiger partial charge < -0.3 is 10.6 Å². The molecule has 150 valence electrons. The number of nitrogens with zero attached hydrogens (tertiary/aromatic N) is 2. The number of rotatable bonds is 6. The number of benzene rings is 1. The van der Waals surface area contributed by atoms with Crippen LogP contribution in [-0.4, -0.2) is 24.0 Å². The lowest BCUT2D eigenvalue weighted by Gasteiger charge is -2.11. The molecule has 2 rings (SSSR count). The lowest BCUT2D eigenvalue weighted by molar-refractivity contribution is -0.137.